The second kappa shape index (κ2) is 11.7. The van der Waals surface area contributed by atoms with E-state index in [1.165, 1.54) is 19.9 Å². The van der Waals surface area contributed by atoms with Gasteiger partial charge in [0.2, 0.25) is 0 Å². The van der Waals surface area contributed by atoms with Gasteiger partial charge in [-0.15, -0.1) is 0 Å². The summed E-state index contributed by atoms with van der Waals surface area (Å²) in [6.07, 6.45) is -2.05. The third kappa shape index (κ3) is 4.45. The Morgan fingerprint density at radius 1 is 0.964 bits per heavy atom. The van der Waals surface area contributed by atoms with Gasteiger partial charge in [0.15, 0.2) is 17.5 Å². The first kappa shape index (κ1) is 36.4. The van der Waals surface area contributed by atoms with Crippen molar-refractivity contribution in [2.24, 2.45) is 46.8 Å². The number of carbonyl (C=O) groups excluding carboxylic acids is 6. The van der Waals surface area contributed by atoms with E-state index >= 15 is 0 Å². The van der Waals surface area contributed by atoms with Crippen molar-refractivity contribution in [2.45, 2.75) is 81.9 Å². The largest absolute Gasteiger partial charge is 0.466 e. The lowest BCUT2D eigenvalue weighted by Gasteiger charge is -2.62. The maximum atomic E-state index is 14.5. The van der Waals surface area contributed by atoms with Crippen molar-refractivity contribution in [3.63, 3.8) is 0 Å². The topological polar surface area (TPSA) is 239 Å². The fraction of sp³-hybridized carbons (Fsp3) is 0.641. The van der Waals surface area contributed by atoms with Crippen LogP contribution in [0.2, 0.25) is 0 Å². The molecule has 13 atom stereocenters. The van der Waals surface area contributed by atoms with Gasteiger partial charge in [0.05, 0.1) is 19.1 Å². The third-order valence-corrected chi connectivity index (χ3v) is 14.9. The molecule has 2 bridgehead atoms. The van der Waals surface area contributed by atoms with E-state index in [2.05, 4.69) is 0 Å². The van der Waals surface area contributed by atoms with Gasteiger partial charge in [0.1, 0.15) is 37.1 Å². The van der Waals surface area contributed by atoms with E-state index in [1.54, 1.807) is 0 Å². The predicted molar refractivity (Wildman–Crippen MR) is 178 cm³/mol. The normalized spacial score (nSPS) is 46.4. The Hall–Kier alpha value is -4.22. The summed E-state index contributed by atoms with van der Waals surface area (Å²) < 4.78 is 27.9. The maximum Gasteiger partial charge on any atom is 0.338 e. The number of Topliss-reactive ketones (excluding diaryl/α,β-unsaturated/α-hetero) is 1. The highest BCUT2D eigenvalue weighted by molar-refractivity contribution is 6.12. The zero-order chi connectivity index (χ0) is 39.3. The molecule has 0 radical (unpaired) electrons. The summed E-state index contributed by atoms with van der Waals surface area (Å²) in [5.74, 6) is -9.11. The van der Waals surface area contributed by atoms with Gasteiger partial charge in [0, 0.05) is 40.0 Å². The van der Waals surface area contributed by atoms with E-state index in [1.807, 2.05) is 6.92 Å². The first-order valence-corrected chi connectivity index (χ1v) is 18.6. The molecule has 9 aliphatic rings. The quantitative estimate of drug-likeness (QED) is 0.0988. The zero-order valence-electron chi connectivity index (χ0n) is 30.6. The molecule has 0 saturated heterocycles. The Labute approximate surface area is 314 Å². The SMILES string of the molecule is COC(=O)C(C)=C1C(=O)C(O)C2C3=C1C14OC(=O)C5=C1CC1C(O)(COC(=O)C(C)=CCOC(=O)C(O)CC(=O)OC5)C5CC5C1(C)C4CC3(OO)C1CC21. The minimum absolute atomic E-state index is 0.0392. The van der Waals surface area contributed by atoms with Gasteiger partial charge >= 0.3 is 29.8 Å². The van der Waals surface area contributed by atoms with Crippen LogP contribution in [-0.4, -0.2) is 112 Å². The summed E-state index contributed by atoms with van der Waals surface area (Å²) in [4.78, 5) is 86.3. The van der Waals surface area contributed by atoms with Crippen molar-refractivity contribution in [1.29, 1.82) is 0 Å². The number of hydrogen-bond donors (Lipinski definition) is 4. The Bertz CT molecular complexity index is 2020. The van der Waals surface area contributed by atoms with Gasteiger partial charge in [-0.25, -0.2) is 24.1 Å². The second-order valence-electron chi connectivity index (χ2n) is 17.0. The number of methoxy groups -OCH3 is 1. The molecule has 0 aromatic rings. The van der Waals surface area contributed by atoms with Crippen LogP contribution in [0, 0.1) is 46.8 Å². The van der Waals surface area contributed by atoms with Crippen LogP contribution in [0.25, 0.3) is 0 Å². The molecule has 4 N–H and O–H groups in total. The first-order valence-electron chi connectivity index (χ1n) is 18.6. The van der Waals surface area contributed by atoms with Crippen LogP contribution in [0.5, 0.6) is 0 Å². The third-order valence-electron chi connectivity index (χ3n) is 14.9. The number of fused-ring (bicyclic) bond motifs is 7. The first-order chi connectivity index (χ1) is 26.0. The van der Waals surface area contributed by atoms with Crippen LogP contribution in [-0.2, 0) is 57.3 Å². The van der Waals surface area contributed by atoms with Crippen LogP contribution >= 0.6 is 0 Å². The molecule has 2 aliphatic heterocycles. The fourth-order valence-electron chi connectivity index (χ4n) is 12.4. The van der Waals surface area contributed by atoms with Gasteiger partial charge < -0.3 is 39.0 Å². The molecule has 2 heterocycles. The molecule has 7 aliphatic carbocycles. The highest BCUT2D eigenvalue weighted by Gasteiger charge is 2.85. The summed E-state index contributed by atoms with van der Waals surface area (Å²) in [5.41, 5.74) is -5.55. The molecule has 0 aromatic carbocycles. The zero-order valence-corrected chi connectivity index (χ0v) is 30.6. The molecular weight excluding hydrogens is 724 g/mol. The fourth-order valence-corrected chi connectivity index (χ4v) is 12.4. The highest BCUT2D eigenvalue weighted by Crippen LogP contribution is 2.82. The number of aliphatic hydroxyl groups is 3. The lowest BCUT2D eigenvalue weighted by molar-refractivity contribution is -0.329. The monoisotopic (exact) mass is 766 g/mol. The minimum atomic E-state index is -1.93. The summed E-state index contributed by atoms with van der Waals surface area (Å²) in [7, 11) is 1.14. The van der Waals surface area contributed by atoms with E-state index in [0.717, 1.165) is 7.11 Å². The number of hydrogen-bond acceptors (Lipinski definition) is 16. The number of ketones is 1. The molecule has 0 aromatic heterocycles. The Kier molecular flexibility index (Phi) is 7.72. The molecule has 16 heteroatoms. The van der Waals surface area contributed by atoms with Crippen molar-refractivity contribution in [2.75, 3.05) is 26.9 Å². The van der Waals surface area contributed by atoms with Crippen molar-refractivity contribution in [3.8, 4) is 0 Å². The average molecular weight is 767 g/mol. The highest BCUT2D eigenvalue weighted by atomic mass is 17.1. The molecule has 0 amide bonds. The van der Waals surface area contributed by atoms with E-state index in [0.29, 0.717) is 18.4 Å². The molecule has 294 valence electrons. The predicted octanol–water partition coefficient (Wildman–Crippen LogP) is 0.570. The van der Waals surface area contributed by atoms with Gasteiger partial charge in [-0.2, -0.15) is 0 Å². The molecule has 16 nitrogen and oxygen atoms in total. The van der Waals surface area contributed by atoms with Crippen LogP contribution < -0.4 is 0 Å². The number of carbonyl (C=O) groups is 6. The van der Waals surface area contributed by atoms with Gasteiger partial charge in [-0.3, -0.25) is 14.8 Å². The van der Waals surface area contributed by atoms with Gasteiger partial charge in [-0.1, -0.05) is 6.92 Å². The van der Waals surface area contributed by atoms with Crippen LogP contribution in [0.4, 0.5) is 0 Å². The molecule has 9 rings (SSSR count). The molecule has 13 unspecified atom stereocenters. The molecular formula is C39H42O16. The summed E-state index contributed by atoms with van der Waals surface area (Å²) in [5, 5.41) is 45.8. The van der Waals surface area contributed by atoms with Crippen LogP contribution in [0.3, 0.4) is 0 Å². The Balaban J connectivity index is 1.29. The standard InChI is InChI=1S/C39H42O16/c1-14-5-6-51-35(47)22(40)10-25(41)52-12-17-19-9-23-36(3,20-8-21(20)37(23,48)13-53-32(14)44)24-11-38(55-49)18-7-16(18)27-28(38)29(39(19,24)54-34(17)46)26(30(42)31(27)43)15(2)33(45)50-4/h5,16,18,20-24,27,31,40,43,48-49H,6-13H2,1-4H3. The minimum Gasteiger partial charge on any atom is -0.466 e. The molecule has 5 fully saturated rings. The lowest BCUT2D eigenvalue weighted by Crippen LogP contribution is -2.66. The van der Waals surface area contributed by atoms with Crippen molar-refractivity contribution in [1.82, 2.24) is 0 Å². The van der Waals surface area contributed by atoms with Gasteiger partial charge in [-0.05, 0) is 85.8 Å². The summed E-state index contributed by atoms with van der Waals surface area (Å²) in [6, 6.07) is 0. The summed E-state index contributed by atoms with van der Waals surface area (Å²) in [6.45, 7) is 3.25. The lowest BCUT2D eigenvalue weighted by atomic mass is 9.44. The average Bonchev–Trinajstić information content (AvgIpc) is 4.07. The van der Waals surface area contributed by atoms with Crippen LogP contribution in [0.15, 0.2) is 45.1 Å². The number of rotatable bonds is 2. The van der Waals surface area contributed by atoms with Crippen molar-refractivity contribution < 1.29 is 77.9 Å². The van der Waals surface area contributed by atoms with E-state index in [4.69, 9.17) is 28.6 Å². The molecule has 1 spiro atoms. The van der Waals surface area contributed by atoms with E-state index < -0.39 is 114 Å². The van der Waals surface area contributed by atoms with Gasteiger partial charge in [0.25, 0.3) is 0 Å². The Morgan fingerprint density at radius 3 is 2.42 bits per heavy atom. The molecule has 55 heavy (non-hydrogen) atoms. The maximum absolute atomic E-state index is 14.5. The molecule has 5 saturated carbocycles. The number of ether oxygens (including phenoxy) is 5. The Morgan fingerprint density at radius 2 is 1.71 bits per heavy atom. The van der Waals surface area contributed by atoms with Crippen LogP contribution in [0.1, 0.15) is 52.9 Å². The van der Waals surface area contributed by atoms with Crippen molar-refractivity contribution in [3.05, 3.63) is 45.1 Å². The number of esters is 5. The van der Waals surface area contributed by atoms with Crippen molar-refractivity contribution >= 4 is 35.6 Å². The van der Waals surface area contributed by atoms with E-state index in [9.17, 15) is 49.3 Å². The van der Waals surface area contributed by atoms with E-state index in [-0.39, 0.29) is 70.0 Å². The smallest absolute Gasteiger partial charge is 0.338 e. The number of aliphatic hydroxyl groups excluding tert-OH is 2. The summed E-state index contributed by atoms with van der Waals surface area (Å²) >= 11 is 0. The number of cyclic esters (lactones) is 3. The second-order valence-corrected chi connectivity index (χ2v) is 17.0.